The summed E-state index contributed by atoms with van der Waals surface area (Å²) in [6, 6.07) is 8.09. The molecule has 0 bridgehead atoms. The molecule has 0 spiro atoms. The molecule has 5 nitrogen and oxygen atoms in total. The second-order valence-corrected chi connectivity index (χ2v) is 8.34. The van der Waals surface area contributed by atoms with Crippen molar-refractivity contribution in [2.45, 2.75) is 52.1 Å². The minimum Gasteiger partial charge on any atom is -0.351 e. The highest BCUT2D eigenvalue weighted by Gasteiger charge is 2.23. The van der Waals surface area contributed by atoms with Crippen molar-refractivity contribution >= 4 is 37.4 Å². The second-order valence-electron chi connectivity index (χ2n) is 7.29. The molecule has 2 atom stereocenters. The maximum atomic E-state index is 13.0. The summed E-state index contributed by atoms with van der Waals surface area (Å²) in [7, 11) is 0. The number of fused-ring (bicyclic) bond motifs is 3. The van der Waals surface area contributed by atoms with E-state index in [0.29, 0.717) is 11.3 Å². The van der Waals surface area contributed by atoms with E-state index in [1.807, 2.05) is 31.2 Å². The van der Waals surface area contributed by atoms with E-state index < -0.39 is 0 Å². The minimum atomic E-state index is -0.185. The maximum Gasteiger partial charge on any atom is 0.276 e. The van der Waals surface area contributed by atoms with Crippen molar-refractivity contribution in [1.82, 2.24) is 15.1 Å². The van der Waals surface area contributed by atoms with Gasteiger partial charge in [0.15, 0.2) is 0 Å². The minimum absolute atomic E-state index is 0.0248. The first-order valence-corrected chi connectivity index (χ1v) is 10.0. The van der Waals surface area contributed by atoms with Crippen molar-refractivity contribution in [1.29, 1.82) is 0 Å². The molecule has 0 saturated heterocycles. The lowest BCUT2D eigenvalue weighted by Crippen LogP contribution is -2.43. The number of aryl methyl sites for hydroxylation is 1. The number of nitrogens with one attached hydrogen (secondary N) is 1. The fourth-order valence-corrected chi connectivity index (χ4v) is 5.07. The third-order valence-electron chi connectivity index (χ3n) is 5.39. The molecule has 3 aromatic rings. The molecule has 136 valence electrons. The van der Waals surface area contributed by atoms with Gasteiger partial charge in [0.25, 0.3) is 5.56 Å². The van der Waals surface area contributed by atoms with Crippen molar-refractivity contribution in [3.8, 4) is 0 Å². The van der Waals surface area contributed by atoms with E-state index in [1.54, 1.807) is 11.3 Å². The van der Waals surface area contributed by atoms with Crippen LogP contribution >= 0.6 is 11.3 Å². The quantitative estimate of drug-likeness (QED) is 0.767. The lowest BCUT2D eigenvalue weighted by atomic mass is 9.86. The van der Waals surface area contributed by atoms with Crippen molar-refractivity contribution in [3.63, 3.8) is 0 Å². The summed E-state index contributed by atoms with van der Waals surface area (Å²) in [6.45, 7) is 4.06. The van der Waals surface area contributed by atoms with Gasteiger partial charge in [0.2, 0.25) is 5.91 Å². The van der Waals surface area contributed by atoms with Crippen LogP contribution in [0.4, 0.5) is 0 Å². The molecule has 1 amide bonds. The van der Waals surface area contributed by atoms with Gasteiger partial charge in [0.1, 0.15) is 6.54 Å². The van der Waals surface area contributed by atoms with E-state index in [4.69, 9.17) is 0 Å². The van der Waals surface area contributed by atoms with Crippen molar-refractivity contribution in [3.05, 3.63) is 40.3 Å². The summed E-state index contributed by atoms with van der Waals surface area (Å²) in [5, 5.41) is 9.13. The van der Waals surface area contributed by atoms with E-state index in [1.165, 1.54) is 11.1 Å². The molecule has 2 aromatic heterocycles. The normalized spacial score (nSPS) is 20.5. The monoisotopic (exact) mass is 369 g/mol. The third-order valence-corrected chi connectivity index (χ3v) is 6.67. The largest absolute Gasteiger partial charge is 0.351 e. The number of aromatic nitrogens is 2. The molecular weight excluding hydrogens is 346 g/mol. The summed E-state index contributed by atoms with van der Waals surface area (Å²) in [5.74, 6) is 0.360. The van der Waals surface area contributed by atoms with Crippen LogP contribution in [0.1, 0.15) is 38.3 Å². The number of hydrogen-bond donors (Lipinski definition) is 1. The Kier molecular flexibility index (Phi) is 4.53. The molecule has 6 heteroatoms. The van der Waals surface area contributed by atoms with Crippen LogP contribution in [0, 0.1) is 12.8 Å². The summed E-state index contributed by atoms with van der Waals surface area (Å²) in [6.07, 6.45) is 4.55. The fourth-order valence-electron chi connectivity index (χ4n) is 3.94. The van der Waals surface area contributed by atoms with Crippen LogP contribution in [0.2, 0.25) is 0 Å². The number of amides is 1. The Hall–Kier alpha value is -2.21. The first-order chi connectivity index (χ1) is 12.5. The van der Waals surface area contributed by atoms with E-state index in [2.05, 4.69) is 17.3 Å². The highest BCUT2D eigenvalue weighted by Crippen LogP contribution is 2.32. The Bertz CT molecular complexity index is 1040. The number of thiophene rings is 1. The van der Waals surface area contributed by atoms with Crippen molar-refractivity contribution < 1.29 is 4.79 Å². The average molecular weight is 369 g/mol. The third kappa shape index (κ3) is 3.03. The topological polar surface area (TPSA) is 64.0 Å². The zero-order valence-corrected chi connectivity index (χ0v) is 15.9. The van der Waals surface area contributed by atoms with Gasteiger partial charge in [-0.25, -0.2) is 4.68 Å². The molecule has 1 saturated carbocycles. The SMILES string of the molecule is Cc1nn(CC(=O)N[C@@H]2CCCC[C@@H]2C)c(=O)c2c1sc1ccccc12. The molecule has 0 unspecified atom stereocenters. The summed E-state index contributed by atoms with van der Waals surface area (Å²) in [4.78, 5) is 25.5. The van der Waals surface area contributed by atoms with Crippen molar-refractivity contribution in [2.24, 2.45) is 5.92 Å². The second kappa shape index (κ2) is 6.83. The standard InChI is InChI=1S/C20H23N3O2S/c1-12-7-3-5-9-15(12)21-17(24)11-23-20(25)18-14-8-4-6-10-16(14)26-19(18)13(2)22-23/h4,6,8,10,12,15H,3,5,7,9,11H2,1-2H3,(H,21,24)/t12-,15+/m0/s1. The number of benzene rings is 1. The number of carbonyl (C=O) groups excluding carboxylic acids is 1. The molecule has 0 aliphatic heterocycles. The summed E-state index contributed by atoms with van der Waals surface area (Å²) in [5.41, 5.74) is 0.606. The Labute approximate surface area is 156 Å². The van der Waals surface area contributed by atoms with Crippen LogP contribution in [-0.4, -0.2) is 21.7 Å². The Balaban J connectivity index is 1.66. The van der Waals surface area contributed by atoms with Crippen LogP contribution in [0.5, 0.6) is 0 Å². The highest BCUT2D eigenvalue weighted by atomic mass is 32.1. The molecule has 0 radical (unpaired) electrons. The molecule has 26 heavy (non-hydrogen) atoms. The molecule has 4 rings (SSSR count). The van der Waals surface area contributed by atoms with Crippen LogP contribution in [0.3, 0.4) is 0 Å². The van der Waals surface area contributed by atoms with E-state index in [-0.39, 0.29) is 24.1 Å². The molecule has 1 N–H and O–H groups in total. The first-order valence-electron chi connectivity index (χ1n) is 9.23. The predicted molar refractivity (Wildman–Crippen MR) is 106 cm³/mol. The Morgan fingerprint density at radius 3 is 2.88 bits per heavy atom. The Morgan fingerprint density at radius 1 is 1.31 bits per heavy atom. The van der Waals surface area contributed by atoms with Gasteiger partial charge in [0, 0.05) is 16.1 Å². The number of carbonyl (C=O) groups is 1. The fraction of sp³-hybridized carbons (Fsp3) is 0.450. The predicted octanol–water partition coefficient (Wildman–Crippen LogP) is 3.61. The molecule has 1 aliphatic carbocycles. The first kappa shape index (κ1) is 17.2. The van der Waals surface area contributed by atoms with Gasteiger partial charge < -0.3 is 5.32 Å². The van der Waals surface area contributed by atoms with Crippen LogP contribution < -0.4 is 10.9 Å². The number of nitrogens with zero attached hydrogens (tertiary/aromatic N) is 2. The summed E-state index contributed by atoms with van der Waals surface area (Å²) >= 11 is 1.58. The van der Waals surface area contributed by atoms with E-state index in [0.717, 1.165) is 39.7 Å². The lowest BCUT2D eigenvalue weighted by molar-refractivity contribution is -0.123. The van der Waals surface area contributed by atoms with Gasteiger partial charge in [-0.3, -0.25) is 9.59 Å². The molecule has 2 heterocycles. The molecule has 1 aromatic carbocycles. The average Bonchev–Trinajstić information content (AvgIpc) is 3.02. The van der Waals surface area contributed by atoms with Crippen LogP contribution in [0.15, 0.2) is 29.1 Å². The van der Waals surface area contributed by atoms with Crippen LogP contribution in [0.25, 0.3) is 20.2 Å². The smallest absolute Gasteiger partial charge is 0.276 e. The van der Waals surface area contributed by atoms with Gasteiger partial charge in [-0.2, -0.15) is 5.10 Å². The van der Waals surface area contributed by atoms with Gasteiger partial charge in [-0.05, 0) is 31.7 Å². The zero-order valence-electron chi connectivity index (χ0n) is 15.1. The van der Waals surface area contributed by atoms with Crippen molar-refractivity contribution in [2.75, 3.05) is 0 Å². The highest BCUT2D eigenvalue weighted by molar-refractivity contribution is 7.26. The lowest BCUT2D eigenvalue weighted by Gasteiger charge is -2.29. The summed E-state index contributed by atoms with van der Waals surface area (Å²) < 4.78 is 3.30. The van der Waals surface area contributed by atoms with Gasteiger partial charge in [0.05, 0.1) is 15.8 Å². The van der Waals surface area contributed by atoms with Gasteiger partial charge in [-0.15, -0.1) is 11.3 Å². The zero-order chi connectivity index (χ0) is 18.3. The van der Waals surface area contributed by atoms with Crippen LogP contribution in [-0.2, 0) is 11.3 Å². The molecule has 1 aliphatic rings. The Morgan fingerprint density at radius 2 is 2.08 bits per heavy atom. The van der Waals surface area contributed by atoms with E-state index in [9.17, 15) is 9.59 Å². The maximum absolute atomic E-state index is 13.0. The van der Waals surface area contributed by atoms with E-state index >= 15 is 0 Å². The molecule has 1 fully saturated rings. The number of hydrogen-bond acceptors (Lipinski definition) is 4. The molecular formula is C20H23N3O2S. The number of rotatable bonds is 3. The van der Waals surface area contributed by atoms with Gasteiger partial charge >= 0.3 is 0 Å². The van der Waals surface area contributed by atoms with Gasteiger partial charge in [-0.1, -0.05) is 38.0 Å².